The molecule has 3 aromatic heterocycles. The molecule has 0 bridgehead atoms. The smallest absolute Gasteiger partial charge is 0.339 e. The molecule has 0 unspecified atom stereocenters. The highest BCUT2D eigenvalue weighted by Crippen LogP contribution is 2.33. The van der Waals surface area contributed by atoms with Gasteiger partial charge in [-0.3, -0.25) is 4.79 Å². The summed E-state index contributed by atoms with van der Waals surface area (Å²) in [5, 5.41) is 4.48. The van der Waals surface area contributed by atoms with Crippen LogP contribution in [0.15, 0.2) is 52.0 Å². The van der Waals surface area contributed by atoms with Crippen molar-refractivity contribution in [2.24, 2.45) is 0 Å². The van der Waals surface area contributed by atoms with Crippen molar-refractivity contribution in [2.45, 2.75) is 20.0 Å². The largest absolute Gasteiger partial charge is 0.451 e. The molecular weight excluding hydrogens is 380 g/mol. The molecule has 0 spiro atoms. The Balaban J connectivity index is 1.65. The van der Waals surface area contributed by atoms with Gasteiger partial charge in [-0.05, 0) is 36.9 Å². The average Bonchev–Trinajstić information content (AvgIpc) is 3.31. The number of nitrogens with one attached hydrogen (secondary N) is 1. The van der Waals surface area contributed by atoms with E-state index in [1.165, 1.54) is 11.3 Å². The summed E-state index contributed by atoms with van der Waals surface area (Å²) in [6.07, 6.45) is -0.665. The maximum atomic E-state index is 12.7. The molecule has 0 saturated heterocycles. The number of benzene rings is 1. The number of hydrogen-bond donors (Lipinski definition) is 1. The Morgan fingerprint density at radius 1 is 1.19 bits per heavy atom. The minimum absolute atomic E-state index is 0.224. The lowest BCUT2D eigenvalue weighted by molar-refractivity contribution is 0.0319. The SMILES string of the molecule is Cc1ccccc1C(=O)O[C@@H](C)c1nc2scc(-c3cccs3)c2c(=O)[nH]1. The lowest BCUT2D eigenvalue weighted by Crippen LogP contribution is -2.17. The summed E-state index contributed by atoms with van der Waals surface area (Å²) in [6.45, 7) is 3.55. The van der Waals surface area contributed by atoms with Gasteiger partial charge in [0.25, 0.3) is 5.56 Å². The topological polar surface area (TPSA) is 72.0 Å². The fraction of sp³-hybridized carbons (Fsp3) is 0.150. The van der Waals surface area contributed by atoms with Crippen LogP contribution in [0, 0.1) is 6.92 Å². The molecule has 0 aliphatic heterocycles. The van der Waals surface area contributed by atoms with Gasteiger partial charge in [0.1, 0.15) is 4.83 Å². The number of carbonyl (C=O) groups excluding carboxylic acids is 1. The van der Waals surface area contributed by atoms with Crippen molar-refractivity contribution in [3.05, 3.63) is 74.5 Å². The van der Waals surface area contributed by atoms with Crippen molar-refractivity contribution in [2.75, 3.05) is 0 Å². The molecule has 0 aliphatic rings. The van der Waals surface area contributed by atoms with E-state index in [0.29, 0.717) is 21.6 Å². The first kappa shape index (κ1) is 17.6. The number of fused-ring (bicyclic) bond motifs is 1. The second kappa shape index (κ2) is 7.09. The molecule has 0 amide bonds. The minimum atomic E-state index is -0.665. The highest BCUT2D eigenvalue weighted by atomic mass is 32.1. The predicted molar refractivity (Wildman–Crippen MR) is 109 cm³/mol. The molecule has 4 rings (SSSR count). The number of rotatable bonds is 4. The summed E-state index contributed by atoms with van der Waals surface area (Å²) in [6, 6.07) is 11.2. The molecule has 7 heteroatoms. The van der Waals surface area contributed by atoms with Crippen LogP contribution in [0.4, 0.5) is 0 Å². The van der Waals surface area contributed by atoms with E-state index in [0.717, 1.165) is 16.0 Å². The second-order valence-electron chi connectivity index (χ2n) is 6.12. The van der Waals surface area contributed by atoms with Gasteiger partial charge in [0.05, 0.1) is 10.9 Å². The standard InChI is InChI=1S/C20H16N2O3S2/c1-11-6-3-4-7-13(11)20(24)25-12(2)17-21-18(23)16-14(10-27-19(16)22-17)15-8-5-9-26-15/h3-10,12H,1-2H3,(H,21,22,23)/t12-/m0/s1. The van der Waals surface area contributed by atoms with Gasteiger partial charge >= 0.3 is 5.97 Å². The number of aromatic amines is 1. The highest BCUT2D eigenvalue weighted by Gasteiger charge is 2.20. The van der Waals surface area contributed by atoms with E-state index < -0.39 is 12.1 Å². The Morgan fingerprint density at radius 2 is 2.00 bits per heavy atom. The van der Waals surface area contributed by atoms with Crippen molar-refractivity contribution in [3.63, 3.8) is 0 Å². The molecule has 1 N–H and O–H groups in total. The van der Waals surface area contributed by atoms with Gasteiger partial charge < -0.3 is 9.72 Å². The number of H-pyrrole nitrogens is 1. The maximum Gasteiger partial charge on any atom is 0.339 e. The van der Waals surface area contributed by atoms with Crippen LogP contribution in [-0.2, 0) is 4.74 Å². The third kappa shape index (κ3) is 3.31. The number of ether oxygens (including phenoxy) is 1. The number of thiophene rings is 2. The molecule has 0 fully saturated rings. The highest BCUT2D eigenvalue weighted by molar-refractivity contribution is 7.18. The van der Waals surface area contributed by atoms with E-state index in [1.807, 2.05) is 41.9 Å². The number of hydrogen-bond acceptors (Lipinski definition) is 6. The monoisotopic (exact) mass is 396 g/mol. The van der Waals surface area contributed by atoms with Gasteiger partial charge in [-0.1, -0.05) is 24.3 Å². The summed E-state index contributed by atoms with van der Waals surface area (Å²) in [4.78, 5) is 34.1. The molecule has 1 atom stereocenters. The summed E-state index contributed by atoms with van der Waals surface area (Å²) >= 11 is 2.99. The van der Waals surface area contributed by atoms with Crippen molar-refractivity contribution in [3.8, 4) is 10.4 Å². The van der Waals surface area contributed by atoms with E-state index in [4.69, 9.17) is 4.74 Å². The molecule has 27 heavy (non-hydrogen) atoms. The molecule has 1 aromatic carbocycles. The van der Waals surface area contributed by atoms with Crippen molar-refractivity contribution in [1.29, 1.82) is 0 Å². The third-order valence-electron chi connectivity index (χ3n) is 4.28. The van der Waals surface area contributed by atoms with Gasteiger partial charge in [-0.25, -0.2) is 9.78 Å². The summed E-state index contributed by atoms with van der Waals surface area (Å²) in [5.41, 5.74) is 2.00. The van der Waals surface area contributed by atoms with Crippen molar-refractivity contribution < 1.29 is 9.53 Å². The normalized spacial score (nSPS) is 12.2. The maximum absolute atomic E-state index is 12.7. The van der Waals surface area contributed by atoms with E-state index in [1.54, 1.807) is 30.4 Å². The Labute approximate surface area is 163 Å². The van der Waals surface area contributed by atoms with Gasteiger partial charge in [0.2, 0.25) is 0 Å². The number of carbonyl (C=O) groups is 1. The van der Waals surface area contributed by atoms with Crippen LogP contribution in [0.5, 0.6) is 0 Å². The van der Waals surface area contributed by atoms with Gasteiger partial charge in [0.15, 0.2) is 11.9 Å². The third-order valence-corrected chi connectivity index (χ3v) is 6.06. The number of esters is 1. The lowest BCUT2D eigenvalue weighted by Gasteiger charge is -2.13. The van der Waals surface area contributed by atoms with Crippen LogP contribution >= 0.6 is 22.7 Å². The first-order valence-electron chi connectivity index (χ1n) is 8.36. The molecule has 5 nitrogen and oxygen atoms in total. The number of aromatic nitrogens is 2. The molecule has 3 heterocycles. The zero-order valence-electron chi connectivity index (χ0n) is 14.7. The molecule has 0 saturated carbocycles. The van der Waals surface area contributed by atoms with Gasteiger partial charge in [-0.2, -0.15) is 0 Å². The fourth-order valence-corrected chi connectivity index (χ4v) is 4.62. The molecule has 4 aromatic rings. The summed E-state index contributed by atoms with van der Waals surface area (Å²) < 4.78 is 5.52. The van der Waals surface area contributed by atoms with Gasteiger partial charge in [-0.15, -0.1) is 22.7 Å². The van der Waals surface area contributed by atoms with E-state index in [2.05, 4.69) is 9.97 Å². The van der Waals surface area contributed by atoms with Crippen molar-refractivity contribution >= 4 is 38.9 Å². The predicted octanol–water partition coefficient (Wildman–Crippen LogP) is 4.94. The van der Waals surface area contributed by atoms with Crippen LogP contribution in [0.25, 0.3) is 20.7 Å². The Bertz CT molecular complexity index is 1180. The Hall–Kier alpha value is -2.77. The minimum Gasteiger partial charge on any atom is -0.451 e. The summed E-state index contributed by atoms with van der Waals surface area (Å²) in [5.74, 6) is -0.0946. The van der Waals surface area contributed by atoms with Crippen LogP contribution in [0.1, 0.15) is 34.8 Å². The zero-order chi connectivity index (χ0) is 19.0. The Kier molecular flexibility index (Phi) is 4.63. The second-order valence-corrected chi connectivity index (χ2v) is 7.93. The molecule has 0 aliphatic carbocycles. The van der Waals surface area contributed by atoms with Crippen LogP contribution in [-0.4, -0.2) is 15.9 Å². The molecule has 136 valence electrons. The average molecular weight is 396 g/mol. The zero-order valence-corrected chi connectivity index (χ0v) is 16.3. The van der Waals surface area contributed by atoms with E-state index in [-0.39, 0.29) is 5.56 Å². The lowest BCUT2D eigenvalue weighted by atomic mass is 10.1. The molecule has 0 radical (unpaired) electrons. The van der Waals surface area contributed by atoms with Gasteiger partial charge in [0, 0.05) is 15.8 Å². The molecular formula is C20H16N2O3S2. The first-order valence-corrected chi connectivity index (χ1v) is 10.1. The first-order chi connectivity index (χ1) is 13.0. The van der Waals surface area contributed by atoms with E-state index in [9.17, 15) is 9.59 Å². The number of aryl methyl sites for hydroxylation is 1. The van der Waals surface area contributed by atoms with Crippen LogP contribution in [0.2, 0.25) is 0 Å². The van der Waals surface area contributed by atoms with Crippen LogP contribution in [0.3, 0.4) is 0 Å². The number of nitrogens with zero attached hydrogens (tertiary/aromatic N) is 1. The fourth-order valence-electron chi connectivity index (χ4n) is 2.85. The Morgan fingerprint density at radius 3 is 2.74 bits per heavy atom. The van der Waals surface area contributed by atoms with Crippen molar-refractivity contribution in [1.82, 2.24) is 9.97 Å². The summed E-state index contributed by atoms with van der Waals surface area (Å²) in [7, 11) is 0. The van der Waals surface area contributed by atoms with Crippen LogP contribution < -0.4 is 5.56 Å². The van der Waals surface area contributed by atoms with E-state index >= 15 is 0 Å². The quantitative estimate of drug-likeness (QED) is 0.496.